The molecule has 1 N–H and O–H groups in total. The van der Waals surface area contributed by atoms with Crippen LogP contribution in [0.15, 0.2) is 52.7 Å². The van der Waals surface area contributed by atoms with Gasteiger partial charge in [0, 0.05) is 29.9 Å². The third-order valence-corrected chi connectivity index (χ3v) is 5.23. The highest BCUT2D eigenvalue weighted by atomic mass is 32.2. The van der Waals surface area contributed by atoms with Crippen LogP contribution in [0.4, 0.5) is 0 Å². The van der Waals surface area contributed by atoms with E-state index in [-0.39, 0.29) is 11.6 Å². The Labute approximate surface area is 154 Å². The minimum atomic E-state index is -0.159. The van der Waals surface area contributed by atoms with Gasteiger partial charge in [0.25, 0.3) is 5.56 Å². The summed E-state index contributed by atoms with van der Waals surface area (Å²) in [6, 6.07) is 7.83. The summed E-state index contributed by atoms with van der Waals surface area (Å²) in [5.74, 6) is 1.41. The topological polar surface area (TPSA) is 81.4 Å². The van der Waals surface area contributed by atoms with E-state index in [0.717, 1.165) is 21.6 Å². The Morgan fingerprint density at radius 3 is 2.85 bits per heavy atom. The Hall–Kier alpha value is -2.87. The molecule has 132 valence electrons. The van der Waals surface area contributed by atoms with Crippen LogP contribution in [0.1, 0.15) is 18.8 Å². The number of nitrogens with one attached hydrogen (secondary N) is 1. The monoisotopic (exact) mass is 366 g/mol. The highest BCUT2D eigenvalue weighted by Crippen LogP contribution is 2.25. The summed E-state index contributed by atoms with van der Waals surface area (Å²) in [7, 11) is 1.90. The Morgan fingerprint density at radius 2 is 2.12 bits per heavy atom. The Bertz CT molecular complexity index is 1140. The largest absolute Gasteiger partial charge is 0.321 e. The van der Waals surface area contributed by atoms with Gasteiger partial charge in [-0.3, -0.25) is 4.79 Å². The molecule has 3 heterocycles. The maximum absolute atomic E-state index is 12.7. The number of benzene rings is 1. The Morgan fingerprint density at radius 1 is 1.27 bits per heavy atom. The van der Waals surface area contributed by atoms with Crippen molar-refractivity contribution in [1.82, 2.24) is 29.3 Å². The highest BCUT2D eigenvalue weighted by molar-refractivity contribution is 7.98. The van der Waals surface area contributed by atoms with Gasteiger partial charge >= 0.3 is 0 Å². The molecule has 0 spiro atoms. The van der Waals surface area contributed by atoms with Crippen LogP contribution in [0.2, 0.25) is 0 Å². The van der Waals surface area contributed by atoms with E-state index in [4.69, 9.17) is 0 Å². The second-order valence-corrected chi connectivity index (χ2v) is 6.98. The fourth-order valence-corrected chi connectivity index (χ4v) is 3.54. The number of pyridine rings is 1. The first-order chi connectivity index (χ1) is 12.6. The fraction of sp³-hybridized carbons (Fsp3) is 0.222. The summed E-state index contributed by atoms with van der Waals surface area (Å²) in [4.78, 5) is 21.2. The lowest BCUT2D eigenvalue weighted by Crippen LogP contribution is -2.16. The van der Waals surface area contributed by atoms with Crippen LogP contribution in [0.3, 0.4) is 0 Å². The smallest absolute Gasteiger partial charge is 0.259 e. The van der Waals surface area contributed by atoms with Crippen molar-refractivity contribution in [3.05, 3.63) is 59.2 Å². The third kappa shape index (κ3) is 2.72. The van der Waals surface area contributed by atoms with E-state index >= 15 is 0 Å². The molecule has 4 rings (SSSR count). The quantitative estimate of drug-likeness (QED) is 0.562. The molecule has 7 nitrogen and oxygen atoms in total. The van der Waals surface area contributed by atoms with Gasteiger partial charge in [-0.1, -0.05) is 6.07 Å². The first kappa shape index (κ1) is 16.6. The van der Waals surface area contributed by atoms with E-state index in [9.17, 15) is 4.79 Å². The van der Waals surface area contributed by atoms with E-state index in [1.165, 1.54) is 0 Å². The fourth-order valence-electron chi connectivity index (χ4n) is 3.10. The number of aryl methyl sites for hydroxylation is 1. The lowest BCUT2D eigenvalue weighted by Gasteiger charge is -2.15. The molecule has 1 atom stereocenters. The van der Waals surface area contributed by atoms with Gasteiger partial charge in [0.15, 0.2) is 5.82 Å². The number of rotatable bonds is 4. The number of aromatic nitrogens is 6. The first-order valence-corrected chi connectivity index (χ1v) is 9.39. The van der Waals surface area contributed by atoms with E-state index < -0.39 is 0 Å². The average molecular weight is 366 g/mol. The van der Waals surface area contributed by atoms with Crippen LogP contribution < -0.4 is 5.56 Å². The number of thioether (sulfide) groups is 1. The summed E-state index contributed by atoms with van der Waals surface area (Å²) in [6.07, 6.45) is 7.23. The molecule has 0 aliphatic heterocycles. The second kappa shape index (κ2) is 6.45. The molecule has 0 bridgehead atoms. The van der Waals surface area contributed by atoms with Crippen molar-refractivity contribution >= 4 is 22.7 Å². The van der Waals surface area contributed by atoms with E-state index in [1.54, 1.807) is 24.3 Å². The SMILES string of the molecule is CSc1ccc2cc(-c3nccn3C(C)c3nncn3C)c(=O)[nH]c2c1. The van der Waals surface area contributed by atoms with Gasteiger partial charge in [0.1, 0.15) is 12.2 Å². The lowest BCUT2D eigenvalue weighted by atomic mass is 10.1. The molecule has 4 aromatic rings. The van der Waals surface area contributed by atoms with Crippen molar-refractivity contribution in [1.29, 1.82) is 0 Å². The van der Waals surface area contributed by atoms with Crippen molar-refractivity contribution in [2.24, 2.45) is 7.05 Å². The number of H-pyrrole nitrogens is 1. The number of hydrogen-bond acceptors (Lipinski definition) is 5. The minimum Gasteiger partial charge on any atom is -0.321 e. The van der Waals surface area contributed by atoms with Gasteiger partial charge in [-0.2, -0.15) is 0 Å². The van der Waals surface area contributed by atoms with Crippen LogP contribution in [0.5, 0.6) is 0 Å². The molecular formula is C18H18N6OS. The summed E-state index contributed by atoms with van der Waals surface area (Å²) in [5, 5.41) is 9.08. The lowest BCUT2D eigenvalue weighted by molar-refractivity contribution is 0.578. The molecule has 0 aliphatic carbocycles. The van der Waals surface area contributed by atoms with Crippen LogP contribution in [0.25, 0.3) is 22.3 Å². The maximum Gasteiger partial charge on any atom is 0.259 e. The molecule has 0 fully saturated rings. The van der Waals surface area contributed by atoms with E-state index in [0.29, 0.717) is 11.4 Å². The van der Waals surface area contributed by atoms with Crippen LogP contribution in [-0.2, 0) is 7.05 Å². The minimum absolute atomic E-state index is 0.103. The van der Waals surface area contributed by atoms with Gasteiger partial charge in [0.05, 0.1) is 11.6 Å². The van der Waals surface area contributed by atoms with Gasteiger partial charge in [-0.05, 0) is 36.8 Å². The van der Waals surface area contributed by atoms with Crippen molar-refractivity contribution in [3.8, 4) is 11.4 Å². The van der Waals surface area contributed by atoms with Gasteiger partial charge in [-0.15, -0.1) is 22.0 Å². The van der Waals surface area contributed by atoms with Crippen molar-refractivity contribution < 1.29 is 0 Å². The molecule has 26 heavy (non-hydrogen) atoms. The molecule has 1 aromatic carbocycles. The predicted octanol–water partition coefficient (Wildman–Crippen LogP) is 2.85. The molecule has 0 radical (unpaired) electrons. The molecule has 0 aliphatic rings. The Kier molecular flexibility index (Phi) is 4.12. The number of hydrogen-bond donors (Lipinski definition) is 1. The average Bonchev–Trinajstić information content (AvgIpc) is 3.29. The van der Waals surface area contributed by atoms with Gasteiger partial charge < -0.3 is 14.1 Å². The van der Waals surface area contributed by atoms with Crippen LogP contribution in [-0.4, -0.2) is 35.6 Å². The molecule has 1 unspecified atom stereocenters. The number of imidazole rings is 1. The molecule has 8 heteroatoms. The summed E-state index contributed by atoms with van der Waals surface area (Å²) in [5.41, 5.74) is 1.20. The molecule has 3 aromatic heterocycles. The zero-order valence-electron chi connectivity index (χ0n) is 14.7. The second-order valence-electron chi connectivity index (χ2n) is 6.10. The van der Waals surface area contributed by atoms with Crippen LogP contribution in [0, 0.1) is 0 Å². The van der Waals surface area contributed by atoms with Crippen molar-refractivity contribution in [3.63, 3.8) is 0 Å². The number of nitrogens with zero attached hydrogens (tertiary/aromatic N) is 5. The zero-order valence-corrected chi connectivity index (χ0v) is 15.5. The highest BCUT2D eigenvalue weighted by Gasteiger charge is 2.19. The summed E-state index contributed by atoms with van der Waals surface area (Å²) < 4.78 is 3.81. The van der Waals surface area contributed by atoms with E-state index in [2.05, 4.69) is 20.2 Å². The molecule has 0 amide bonds. The molecule has 0 saturated carbocycles. The molecular weight excluding hydrogens is 348 g/mol. The summed E-state index contributed by atoms with van der Waals surface area (Å²) in [6.45, 7) is 2.01. The zero-order chi connectivity index (χ0) is 18.3. The maximum atomic E-state index is 12.7. The number of aromatic amines is 1. The van der Waals surface area contributed by atoms with Crippen molar-refractivity contribution in [2.45, 2.75) is 17.9 Å². The van der Waals surface area contributed by atoms with Crippen molar-refractivity contribution in [2.75, 3.05) is 6.26 Å². The van der Waals surface area contributed by atoms with Gasteiger partial charge in [-0.25, -0.2) is 4.98 Å². The number of fused-ring (bicyclic) bond motifs is 1. The predicted molar refractivity (Wildman–Crippen MR) is 102 cm³/mol. The third-order valence-electron chi connectivity index (χ3n) is 4.50. The standard InChI is InChI=1S/C18H18N6OS/c1-11(16-22-20-10-23(16)2)24-7-6-19-17(24)14-8-12-4-5-13(26-3)9-15(12)21-18(14)25/h4-11H,1-3H3,(H,21,25). The van der Waals surface area contributed by atoms with Crippen LogP contribution >= 0.6 is 11.8 Å². The Balaban J connectivity index is 1.84. The van der Waals surface area contributed by atoms with E-state index in [1.807, 2.05) is 59.8 Å². The van der Waals surface area contributed by atoms with Gasteiger partial charge in [0.2, 0.25) is 0 Å². The molecule has 0 saturated heterocycles. The normalized spacial score (nSPS) is 12.6. The first-order valence-electron chi connectivity index (χ1n) is 8.16. The summed E-state index contributed by atoms with van der Waals surface area (Å²) >= 11 is 1.64.